The molecular weight excluding hydrogens is 426 g/mol. The van der Waals surface area contributed by atoms with Gasteiger partial charge in [0.15, 0.2) is 0 Å². The van der Waals surface area contributed by atoms with E-state index < -0.39 is 0 Å². The summed E-state index contributed by atoms with van der Waals surface area (Å²) in [4.78, 5) is 5.20. The summed E-state index contributed by atoms with van der Waals surface area (Å²) in [6.45, 7) is 0. The maximum Gasteiger partial charge on any atom is 0.220 e. The Hall–Kier alpha value is -4.08. The number of rotatable bonds is 4. The molecule has 0 bridgehead atoms. The second-order valence-electron chi connectivity index (χ2n) is 7.90. The Labute approximate surface area is 197 Å². The molecule has 4 heteroatoms. The van der Waals surface area contributed by atoms with Gasteiger partial charge in [-0.2, -0.15) is 0 Å². The quantitative estimate of drug-likeness (QED) is 0.271. The van der Waals surface area contributed by atoms with E-state index in [1.165, 1.54) is 0 Å². The summed E-state index contributed by atoms with van der Waals surface area (Å²) in [6.07, 6.45) is 2.18. The first kappa shape index (κ1) is 19.6. The van der Waals surface area contributed by atoms with E-state index in [0.717, 1.165) is 45.2 Å². The van der Waals surface area contributed by atoms with E-state index >= 15 is 0 Å². The van der Waals surface area contributed by atoms with E-state index in [9.17, 15) is 0 Å². The molecule has 0 atom stereocenters. The minimum Gasteiger partial charge on any atom is -0.282 e. The first-order chi connectivity index (χ1) is 16.3. The number of hydrogen-bond donors (Lipinski definition) is 0. The lowest BCUT2D eigenvalue weighted by atomic mass is 10.0. The van der Waals surface area contributed by atoms with Crippen molar-refractivity contribution >= 4 is 17.4 Å². The zero-order chi connectivity index (χ0) is 22.2. The number of imidazole rings is 2. The summed E-state index contributed by atoms with van der Waals surface area (Å²) in [5.74, 6) is 0.855. The largest absolute Gasteiger partial charge is 0.282 e. The predicted octanol–water partition coefficient (Wildman–Crippen LogP) is 7.78. The van der Waals surface area contributed by atoms with Crippen LogP contribution in [0.1, 0.15) is 0 Å². The highest BCUT2D eigenvalue weighted by molar-refractivity contribution is 6.30. The average Bonchev–Trinajstić information content (AvgIpc) is 3.43. The molecule has 0 saturated heterocycles. The summed E-state index contributed by atoms with van der Waals surface area (Å²) in [5, 5.41) is 0.710. The van der Waals surface area contributed by atoms with Crippen LogP contribution in [0.25, 0.3) is 45.2 Å². The Kier molecular flexibility index (Phi) is 4.82. The highest BCUT2D eigenvalue weighted by Gasteiger charge is 2.22. The lowest BCUT2D eigenvalue weighted by molar-refractivity contribution is 1.08. The molecule has 158 valence electrons. The third kappa shape index (κ3) is 3.43. The van der Waals surface area contributed by atoms with Crippen LogP contribution in [0.2, 0.25) is 5.02 Å². The van der Waals surface area contributed by atoms with Gasteiger partial charge in [0.1, 0.15) is 0 Å². The summed E-state index contributed by atoms with van der Waals surface area (Å²) in [5.41, 5.74) is 7.44. The maximum atomic E-state index is 6.21. The number of aromatic nitrogens is 3. The van der Waals surface area contributed by atoms with Crippen molar-refractivity contribution in [2.75, 3.05) is 0 Å². The van der Waals surface area contributed by atoms with Gasteiger partial charge in [-0.1, -0.05) is 103 Å². The topological polar surface area (TPSA) is 22.2 Å². The van der Waals surface area contributed by atoms with Gasteiger partial charge in [0, 0.05) is 33.6 Å². The first-order valence-corrected chi connectivity index (χ1v) is 11.2. The Morgan fingerprint density at radius 1 is 0.576 bits per heavy atom. The molecule has 0 amide bonds. The Morgan fingerprint density at radius 3 is 1.73 bits per heavy atom. The fourth-order valence-electron chi connectivity index (χ4n) is 4.32. The Balaban J connectivity index is 1.72. The van der Waals surface area contributed by atoms with Crippen LogP contribution in [0, 0.1) is 0 Å². The van der Waals surface area contributed by atoms with Crippen LogP contribution in [-0.2, 0) is 0 Å². The molecular formula is C29H20ClN3. The SMILES string of the molecule is Clc1ccc(-n2c(-c3ccccc3)cn3c(-c4ccccc4)c(-c4ccccc4)nc23)cc1. The van der Waals surface area contributed by atoms with Gasteiger partial charge in [0.2, 0.25) is 5.78 Å². The van der Waals surface area contributed by atoms with Crippen molar-refractivity contribution in [1.82, 2.24) is 14.0 Å². The highest BCUT2D eigenvalue weighted by Crippen LogP contribution is 2.37. The fraction of sp³-hybridized carbons (Fsp3) is 0. The summed E-state index contributed by atoms with van der Waals surface area (Å²) < 4.78 is 4.40. The number of hydrogen-bond acceptors (Lipinski definition) is 1. The molecule has 0 saturated carbocycles. The normalized spacial score (nSPS) is 11.2. The second kappa shape index (κ2) is 8.12. The molecule has 3 nitrogen and oxygen atoms in total. The van der Waals surface area contributed by atoms with Crippen LogP contribution in [0.5, 0.6) is 0 Å². The summed E-state index contributed by atoms with van der Waals surface area (Å²) in [6, 6.07) is 39.1. The average molecular weight is 446 g/mol. The van der Waals surface area contributed by atoms with Crippen LogP contribution in [0.4, 0.5) is 0 Å². The summed E-state index contributed by atoms with van der Waals surface area (Å²) in [7, 11) is 0. The third-order valence-corrected chi connectivity index (χ3v) is 6.09. The van der Waals surface area contributed by atoms with Gasteiger partial charge >= 0.3 is 0 Å². The molecule has 0 radical (unpaired) electrons. The molecule has 4 aromatic carbocycles. The Bertz CT molecular complexity index is 1530. The minimum atomic E-state index is 0.710. The number of fused-ring (bicyclic) bond motifs is 1. The highest BCUT2D eigenvalue weighted by atomic mass is 35.5. The van der Waals surface area contributed by atoms with E-state index in [0.29, 0.717) is 5.02 Å². The van der Waals surface area contributed by atoms with E-state index in [2.05, 4.69) is 88.0 Å². The lowest BCUT2D eigenvalue weighted by Gasteiger charge is -2.09. The zero-order valence-corrected chi connectivity index (χ0v) is 18.5. The van der Waals surface area contributed by atoms with Gasteiger partial charge in [-0.05, 0) is 24.3 Å². The smallest absolute Gasteiger partial charge is 0.220 e. The first-order valence-electron chi connectivity index (χ1n) is 10.9. The van der Waals surface area contributed by atoms with Crippen molar-refractivity contribution in [3.8, 4) is 39.5 Å². The molecule has 6 aromatic rings. The van der Waals surface area contributed by atoms with Gasteiger partial charge < -0.3 is 0 Å². The number of benzene rings is 4. The van der Waals surface area contributed by atoms with Crippen molar-refractivity contribution in [3.63, 3.8) is 0 Å². The molecule has 0 unspecified atom stereocenters. The molecule has 0 N–H and O–H groups in total. The predicted molar refractivity (Wildman–Crippen MR) is 136 cm³/mol. The molecule has 0 aliphatic heterocycles. The molecule has 33 heavy (non-hydrogen) atoms. The van der Waals surface area contributed by atoms with Crippen LogP contribution in [0.3, 0.4) is 0 Å². The number of halogens is 1. The molecule has 0 spiro atoms. The van der Waals surface area contributed by atoms with Gasteiger partial charge in [0.05, 0.1) is 17.1 Å². The third-order valence-electron chi connectivity index (χ3n) is 5.83. The maximum absolute atomic E-state index is 6.21. The van der Waals surface area contributed by atoms with Crippen LogP contribution in [-0.4, -0.2) is 14.0 Å². The minimum absolute atomic E-state index is 0.710. The molecule has 6 rings (SSSR count). The van der Waals surface area contributed by atoms with Crippen molar-refractivity contribution in [2.45, 2.75) is 0 Å². The van der Waals surface area contributed by atoms with Crippen LogP contribution >= 0.6 is 11.6 Å². The van der Waals surface area contributed by atoms with E-state index in [1.54, 1.807) is 0 Å². The monoisotopic (exact) mass is 445 g/mol. The number of nitrogens with zero attached hydrogens (tertiary/aromatic N) is 3. The van der Waals surface area contributed by atoms with Gasteiger partial charge in [-0.3, -0.25) is 8.97 Å². The summed E-state index contributed by atoms with van der Waals surface area (Å²) >= 11 is 6.21. The van der Waals surface area contributed by atoms with Crippen LogP contribution in [0.15, 0.2) is 121 Å². The molecule has 0 aliphatic rings. The molecule has 2 aromatic heterocycles. The van der Waals surface area contributed by atoms with Gasteiger partial charge in [0.25, 0.3) is 0 Å². The van der Waals surface area contributed by atoms with Crippen LogP contribution < -0.4 is 0 Å². The van der Waals surface area contributed by atoms with E-state index in [4.69, 9.17) is 16.6 Å². The van der Waals surface area contributed by atoms with E-state index in [1.807, 2.05) is 42.5 Å². The van der Waals surface area contributed by atoms with Crippen molar-refractivity contribution < 1.29 is 0 Å². The molecule has 0 fully saturated rings. The van der Waals surface area contributed by atoms with Gasteiger partial charge in [-0.25, -0.2) is 4.98 Å². The Morgan fingerprint density at radius 2 is 1.12 bits per heavy atom. The lowest BCUT2D eigenvalue weighted by Crippen LogP contribution is -1.97. The second-order valence-corrected chi connectivity index (χ2v) is 8.34. The van der Waals surface area contributed by atoms with E-state index in [-0.39, 0.29) is 0 Å². The molecule has 0 aliphatic carbocycles. The van der Waals surface area contributed by atoms with Crippen molar-refractivity contribution in [1.29, 1.82) is 0 Å². The van der Waals surface area contributed by atoms with Crippen molar-refractivity contribution in [3.05, 3.63) is 126 Å². The van der Waals surface area contributed by atoms with Gasteiger partial charge in [-0.15, -0.1) is 0 Å². The zero-order valence-electron chi connectivity index (χ0n) is 17.8. The molecule has 2 heterocycles. The fourth-order valence-corrected chi connectivity index (χ4v) is 4.44. The standard InChI is InChI=1S/C29H20ClN3/c30-24-16-18-25(19-17-24)33-26(21-10-4-1-5-11-21)20-32-28(23-14-8-3-9-15-23)27(31-29(32)33)22-12-6-2-7-13-22/h1-20H. The van der Waals surface area contributed by atoms with Crippen molar-refractivity contribution in [2.24, 2.45) is 0 Å².